The predicted molar refractivity (Wildman–Crippen MR) is 64.1 cm³/mol. The van der Waals surface area contributed by atoms with Gasteiger partial charge in [0.1, 0.15) is 0 Å². The van der Waals surface area contributed by atoms with Gasteiger partial charge in [-0.1, -0.05) is 6.92 Å². The Labute approximate surface area is 103 Å². The van der Waals surface area contributed by atoms with Crippen molar-refractivity contribution in [1.29, 1.82) is 0 Å². The van der Waals surface area contributed by atoms with Crippen LogP contribution in [-0.2, 0) is 14.3 Å². The summed E-state index contributed by atoms with van der Waals surface area (Å²) in [6.07, 6.45) is 1.21. The SMILES string of the molecule is CCN(CCOC)CC1(C(=O)O)CCOCC1. The topological polar surface area (TPSA) is 59.0 Å². The molecule has 0 aromatic rings. The summed E-state index contributed by atoms with van der Waals surface area (Å²) in [7, 11) is 1.66. The van der Waals surface area contributed by atoms with Gasteiger partial charge in [0.25, 0.3) is 0 Å². The molecule has 1 rings (SSSR count). The molecule has 1 heterocycles. The van der Waals surface area contributed by atoms with E-state index in [1.165, 1.54) is 0 Å². The maximum absolute atomic E-state index is 11.5. The number of carbonyl (C=O) groups is 1. The van der Waals surface area contributed by atoms with Crippen LogP contribution in [0.15, 0.2) is 0 Å². The van der Waals surface area contributed by atoms with Crippen molar-refractivity contribution >= 4 is 5.97 Å². The second-order valence-corrected chi connectivity index (χ2v) is 4.56. The lowest BCUT2D eigenvalue weighted by Crippen LogP contribution is -2.47. The van der Waals surface area contributed by atoms with Gasteiger partial charge in [0.05, 0.1) is 12.0 Å². The van der Waals surface area contributed by atoms with Gasteiger partial charge in [-0.05, 0) is 19.4 Å². The normalized spacial score (nSPS) is 19.5. The van der Waals surface area contributed by atoms with Crippen molar-refractivity contribution in [2.45, 2.75) is 19.8 Å². The van der Waals surface area contributed by atoms with Gasteiger partial charge in [-0.25, -0.2) is 0 Å². The van der Waals surface area contributed by atoms with Crippen LogP contribution in [0.4, 0.5) is 0 Å². The third kappa shape index (κ3) is 3.94. The van der Waals surface area contributed by atoms with Crippen LogP contribution in [0.2, 0.25) is 0 Å². The van der Waals surface area contributed by atoms with Crippen molar-refractivity contribution < 1.29 is 19.4 Å². The minimum absolute atomic E-state index is 0.550. The number of carboxylic acids is 1. The van der Waals surface area contributed by atoms with E-state index < -0.39 is 11.4 Å². The zero-order valence-corrected chi connectivity index (χ0v) is 10.8. The summed E-state index contributed by atoms with van der Waals surface area (Å²) in [6.45, 7) is 6.00. The molecule has 100 valence electrons. The lowest BCUT2D eigenvalue weighted by molar-refractivity contribution is -0.156. The number of nitrogens with zero attached hydrogens (tertiary/aromatic N) is 1. The Bertz CT molecular complexity index is 239. The van der Waals surface area contributed by atoms with E-state index in [1.807, 2.05) is 6.92 Å². The van der Waals surface area contributed by atoms with Crippen molar-refractivity contribution in [3.63, 3.8) is 0 Å². The van der Waals surface area contributed by atoms with Crippen LogP contribution in [-0.4, -0.2) is 62.5 Å². The van der Waals surface area contributed by atoms with E-state index in [9.17, 15) is 9.90 Å². The molecule has 5 heteroatoms. The molecule has 1 fully saturated rings. The highest BCUT2D eigenvalue weighted by Gasteiger charge is 2.41. The molecule has 0 amide bonds. The van der Waals surface area contributed by atoms with Crippen molar-refractivity contribution in [1.82, 2.24) is 4.90 Å². The maximum Gasteiger partial charge on any atom is 0.311 e. The molecule has 0 spiro atoms. The van der Waals surface area contributed by atoms with Gasteiger partial charge in [-0.2, -0.15) is 0 Å². The van der Waals surface area contributed by atoms with Gasteiger partial charge in [-0.15, -0.1) is 0 Å². The molecule has 0 bridgehead atoms. The molecule has 1 aliphatic rings. The Morgan fingerprint density at radius 3 is 2.59 bits per heavy atom. The van der Waals surface area contributed by atoms with E-state index in [1.54, 1.807) is 7.11 Å². The molecule has 17 heavy (non-hydrogen) atoms. The summed E-state index contributed by atoms with van der Waals surface area (Å²) in [4.78, 5) is 13.6. The van der Waals surface area contributed by atoms with E-state index in [4.69, 9.17) is 9.47 Å². The lowest BCUT2D eigenvalue weighted by atomic mass is 9.79. The van der Waals surface area contributed by atoms with Gasteiger partial charge in [-0.3, -0.25) is 4.79 Å². The highest BCUT2D eigenvalue weighted by molar-refractivity contribution is 5.75. The van der Waals surface area contributed by atoms with Crippen LogP contribution < -0.4 is 0 Å². The second kappa shape index (κ2) is 6.93. The Morgan fingerprint density at radius 2 is 2.12 bits per heavy atom. The van der Waals surface area contributed by atoms with Crippen LogP contribution in [0.5, 0.6) is 0 Å². The quantitative estimate of drug-likeness (QED) is 0.720. The molecular formula is C12H23NO4. The molecule has 0 aromatic carbocycles. The first kappa shape index (κ1) is 14.4. The third-order valence-electron chi connectivity index (χ3n) is 3.49. The number of ether oxygens (including phenoxy) is 2. The monoisotopic (exact) mass is 245 g/mol. The minimum atomic E-state index is -0.698. The summed E-state index contributed by atoms with van der Waals surface area (Å²) in [6, 6.07) is 0. The molecule has 0 saturated carbocycles. The average Bonchev–Trinajstić information content (AvgIpc) is 2.35. The van der Waals surface area contributed by atoms with Crippen molar-refractivity contribution in [3.8, 4) is 0 Å². The highest BCUT2D eigenvalue weighted by atomic mass is 16.5. The maximum atomic E-state index is 11.5. The fourth-order valence-electron chi connectivity index (χ4n) is 2.20. The summed E-state index contributed by atoms with van der Waals surface area (Å²) >= 11 is 0. The number of likely N-dealkylation sites (N-methyl/N-ethyl adjacent to an activating group) is 1. The van der Waals surface area contributed by atoms with E-state index in [-0.39, 0.29) is 0 Å². The standard InChI is InChI=1S/C12H23NO4/c1-3-13(6-9-16-2)10-12(11(14)15)4-7-17-8-5-12/h3-10H2,1-2H3,(H,14,15). The first-order valence-corrected chi connectivity index (χ1v) is 6.17. The fourth-order valence-corrected chi connectivity index (χ4v) is 2.20. The van der Waals surface area contributed by atoms with Gasteiger partial charge in [0.15, 0.2) is 0 Å². The summed E-state index contributed by atoms with van der Waals surface area (Å²) in [5, 5.41) is 9.45. The number of rotatable bonds is 7. The van der Waals surface area contributed by atoms with Crippen molar-refractivity contribution in [2.75, 3.05) is 46.6 Å². The molecule has 0 atom stereocenters. The molecule has 1 N–H and O–H groups in total. The molecule has 5 nitrogen and oxygen atoms in total. The van der Waals surface area contributed by atoms with E-state index in [2.05, 4.69) is 4.90 Å². The Kier molecular flexibility index (Phi) is 5.88. The van der Waals surface area contributed by atoms with Crippen LogP contribution in [0, 0.1) is 5.41 Å². The molecule has 0 aromatic heterocycles. The zero-order chi connectivity index (χ0) is 12.7. The summed E-state index contributed by atoms with van der Waals surface area (Å²) in [5.74, 6) is -0.698. The minimum Gasteiger partial charge on any atom is -0.481 e. The van der Waals surface area contributed by atoms with Crippen molar-refractivity contribution in [2.24, 2.45) is 5.41 Å². The zero-order valence-electron chi connectivity index (χ0n) is 10.8. The largest absolute Gasteiger partial charge is 0.481 e. The molecule has 0 aliphatic carbocycles. The number of aliphatic carboxylic acids is 1. The van der Waals surface area contributed by atoms with Crippen molar-refractivity contribution in [3.05, 3.63) is 0 Å². The first-order valence-electron chi connectivity index (χ1n) is 6.17. The lowest BCUT2D eigenvalue weighted by Gasteiger charge is -2.37. The molecule has 0 radical (unpaired) electrons. The summed E-state index contributed by atoms with van der Waals surface area (Å²) in [5.41, 5.74) is -0.637. The van der Waals surface area contributed by atoms with E-state index in [0.717, 1.165) is 13.1 Å². The van der Waals surface area contributed by atoms with Crippen LogP contribution in [0.1, 0.15) is 19.8 Å². The number of hydrogen-bond acceptors (Lipinski definition) is 4. The number of hydrogen-bond donors (Lipinski definition) is 1. The van der Waals surface area contributed by atoms with Gasteiger partial charge in [0, 0.05) is 33.4 Å². The first-order chi connectivity index (χ1) is 8.14. The highest BCUT2D eigenvalue weighted by Crippen LogP contribution is 2.31. The van der Waals surface area contributed by atoms with Gasteiger partial charge < -0.3 is 19.5 Å². The summed E-state index contributed by atoms with van der Waals surface area (Å²) < 4.78 is 10.3. The number of carboxylic acid groups (broad SMARTS) is 1. The van der Waals surface area contributed by atoms with Crippen LogP contribution in [0.25, 0.3) is 0 Å². The second-order valence-electron chi connectivity index (χ2n) is 4.56. The van der Waals surface area contributed by atoms with E-state index >= 15 is 0 Å². The fraction of sp³-hybridized carbons (Fsp3) is 0.917. The Balaban J connectivity index is 2.60. The molecule has 0 unspecified atom stereocenters. The predicted octanol–water partition coefficient (Wildman–Crippen LogP) is 0.836. The molecule has 1 aliphatic heterocycles. The average molecular weight is 245 g/mol. The Hall–Kier alpha value is -0.650. The van der Waals surface area contributed by atoms with Crippen LogP contribution >= 0.6 is 0 Å². The molecular weight excluding hydrogens is 222 g/mol. The molecule has 1 saturated heterocycles. The third-order valence-corrected chi connectivity index (χ3v) is 3.49. The number of methoxy groups -OCH3 is 1. The Morgan fingerprint density at radius 1 is 1.47 bits per heavy atom. The smallest absolute Gasteiger partial charge is 0.311 e. The van der Waals surface area contributed by atoms with Gasteiger partial charge >= 0.3 is 5.97 Å². The van der Waals surface area contributed by atoms with Crippen LogP contribution in [0.3, 0.4) is 0 Å². The van der Waals surface area contributed by atoms with E-state index in [0.29, 0.717) is 39.2 Å². The van der Waals surface area contributed by atoms with Gasteiger partial charge in [0.2, 0.25) is 0 Å².